The minimum atomic E-state index is -0.295. The number of hydroxylamine groups is 1. The van der Waals surface area contributed by atoms with Crippen molar-refractivity contribution in [2.45, 2.75) is 13.8 Å². The summed E-state index contributed by atoms with van der Waals surface area (Å²) >= 11 is 0. The zero-order valence-electron chi connectivity index (χ0n) is 11.1. The van der Waals surface area contributed by atoms with Crippen molar-refractivity contribution in [3.63, 3.8) is 0 Å². The quantitative estimate of drug-likeness (QED) is 0.840. The maximum absolute atomic E-state index is 12.0. The van der Waals surface area contributed by atoms with Crippen LogP contribution in [-0.4, -0.2) is 19.1 Å². The van der Waals surface area contributed by atoms with Gasteiger partial charge in [-0.25, -0.2) is 5.48 Å². The van der Waals surface area contributed by atoms with Gasteiger partial charge in [0.1, 0.15) is 5.75 Å². The van der Waals surface area contributed by atoms with E-state index in [1.807, 2.05) is 50.2 Å². The summed E-state index contributed by atoms with van der Waals surface area (Å²) in [6, 6.07) is 11.5. The van der Waals surface area contributed by atoms with Gasteiger partial charge in [0.05, 0.1) is 18.8 Å². The highest BCUT2D eigenvalue weighted by molar-refractivity contribution is 6.01. The molecule has 4 heteroatoms. The molecule has 0 fully saturated rings. The number of amides is 1. The highest BCUT2D eigenvalue weighted by atomic mass is 16.6. The lowest BCUT2D eigenvalue weighted by atomic mass is 10.1. The van der Waals surface area contributed by atoms with Crippen molar-refractivity contribution in [1.29, 1.82) is 0 Å². The van der Waals surface area contributed by atoms with E-state index in [9.17, 15) is 4.79 Å². The van der Waals surface area contributed by atoms with Crippen molar-refractivity contribution >= 4 is 16.7 Å². The molecule has 0 bridgehead atoms. The molecule has 2 aromatic rings. The van der Waals surface area contributed by atoms with E-state index in [2.05, 4.69) is 5.48 Å². The van der Waals surface area contributed by atoms with Crippen molar-refractivity contribution in [1.82, 2.24) is 5.48 Å². The molecule has 0 spiro atoms. The molecule has 0 aliphatic carbocycles. The number of nitrogens with one attached hydrogen (secondary N) is 1. The molecule has 1 amide bonds. The molecule has 0 aliphatic heterocycles. The zero-order chi connectivity index (χ0) is 13.7. The largest absolute Gasteiger partial charge is 0.493 e. The molecule has 2 rings (SSSR count). The second kappa shape index (κ2) is 6.20. The van der Waals surface area contributed by atoms with E-state index in [4.69, 9.17) is 9.57 Å². The predicted molar refractivity (Wildman–Crippen MR) is 74.2 cm³/mol. The maximum Gasteiger partial charge on any atom is 0.278 e. The van der Waals surface area contributed by atoms with Crippen LogP contribution in [0, 0.1) is 0 Å². The van der Waals surface area contributed by atoms with E-state index in [0.29, 0.717) is 24.5 Å². The van der Waals surface area contributed by atoms with Crippen molar-refractivity contribution in [2.24, 2.45) is 0 Å². The minimum absolute atomic E-state index is 0.295. The SMILES string of the molecule is CCONC(=O)c1cc2ccccc2cc1OCC. The molecule has 4 nitrogen and oxygen atoms in total. The number of ether oxygens (including phenoxy) is 1. The van der Waals surface area contributed by atoms with Crippen LogP contribution in [0.4, 0.5) is 0 Å². The van der Waals surface area contributed by atoms with Crippen LogP contribution in [0.5, 0.6) is 5.75 Å². The average Bonchev–Trinajstić information content (AvgIpc) is 2.44. The third-order valence-corrected chi connectivity index (χ3v) is 2.70. The molecule has 0 aliphatic rings. The fourth-order valence-electron chi connectivity index (χ4n) is 1.86. The molecule has 0 atom stereocenters. The molecule has 1 N–H and O–H groups in total. The van der Waals surface area contributed by atoms with Gasteiger partial charge in [-0.3, -0.25) is 9.63 Å². The highest BCUT2D eigenvalue weighted by Gasteiger charge is 2.13. The van der Waals surface area contributed by atoms with Crippen molar-refractivity contribution < 1.29 is 14.4 Å². The molecular weight excluding hydrogens is 242 g/mol. The first-order valence-corrected chi connectivity index (χ1v) is 6.34. The number of hydrogen-bond donors (Lipinski definition) is 1. The first-order chi connectivity index (χ1) is 9.26. The van der Waals surface area contributed by atoms with Gasteiger partial charge in [-0.2, -0.15) is 0 Å². The van der Waals surface area contributed by atoms with Gasteiger partial charge in [-0.15, -0.1) is 0 Å². The summed E-state index contributed by atoms with van der Waals surface area (Å²) < 4.78 is 5.53. The monoisotopic (exact) mass is 259 g/mol. The molecule has 0 unspecified atom stereocenters. The van der Waals surface area contributed by atoms with Crippen LogP contribution >= 0.6 is 0 Å². The van der Waals surface area contributed by atoms with Crippen molar-refractivity contribution in [3.05, 3.63) is 42.0 Å². The first-order valence-electron chi connectivity index (χ1n) is 6.34. The first kappa shape index (κ1) is 13.4. The number of hydrogen-bond acceptors (Lipinski definition) is 3. The van der Waals surface area contributed by atoms with Crippen LogP contribution in [0.15, 0.2) is 36.4 Å². The van der Waals surface area contributed by atoms with Crippen LogP contribution in [0.2, 0.25) is 0 Å². The second-order valence-electron chi connectivity index (χ2n) is 3.99. The van der Waals surface area contributed by atoms with E-state index in [0.717, 1.165) is 10.8 Å². The summed E-state index contributed by atoms with van der Waals surface area (Å²) in [6.45, 7) is 4.63. The summed E-state index contributed by atoms with van der Waals surface area (Å²) in [5.41, 5.74) is 2.87. The molecule has 0 aromatic heterocycles. The van der Waals surface area contributed by atoms with Crippen LogP contribution in [0.25, 0.3) is 10.8 Å². The van der Waals surface area contributed by atoms with Gasteiger partial charge in [-0.1, -0.05) is 24.3 Å². The van der Waals surface area contributed by atoms with Gasteiger partial charge in [-0.05, 0) is 36.8 Å². The van der Waals surface area contributed by atoms with Gasteiger partial charge < -0.3 is 4.74 Å². The zero-order valence-corrected chi connectivity index (χ0v) is 11.1. The summed E-state index contributed by atoms with van der Waals surface area (Å²) in [5.74, 6) is 0.273. The summed E-state index contributed by atoms with van der Waals surface area (Å²) in [5, 5.41) is 2.03. The number of benzene rings is 2. The molecule has 0 heterocycles. The van der Waals surface area contributed by atoms with Gasteiger partial charge in [0.25, 0.3) is 5.91 Å². The molecule has 2 aromatic carbocycles. The molecule has 100 valence electrons. The van der Waals surface area contributed by atoms with E-state index < -0.39 is 0 Å². The Balaban J connectivity index is 2.43. The Labute approximate surface area is 112 Å². The Morgan fingerprint density at radius 3 is 2.42 bits per heavy atom. The van der Waals surface area contributed by atoms with E-state index in [-0.39, 0.29) is 5.91 Å². The number of carbonyl (C=O) groups is 1. The van der Waals surface area contributed by atoms with Gasteiger partial charge >= 0.3 is 0 Å². The van der Waals surface area contributed by atoms with Gasteiger partial charge in [0, 0.05) is 0 Å². The lowest BCUT2D eigenvalue weighted by Crippen LogP contribution is -2.24. The summed E-state index contributed by atoms with van der Waals surface area (Å²) in [7, 11) is 0. The van der Waals surface area contributed by atoms with E-state index in [1.165, 1.54) is 0 Å². The molecular formula is C15H17NO3. The van der Waals surface area contributed by atoms with Crippen LogP contribution < -0.4 is 10.2 Å². The van der Waals surface area contributed by atoms with Crippen molar-refractivity contribution in [2.75, 3.05) is 13.2 Å². The minimum Gasteiger partial charge on any atom is -0.493 e. The fraction of sp³-hybridized carbons (Fsp3) is 0.267. The topological polar surface area (TPSA) is 47.6 Å². The highest BCUT2D eigenvalue weighted by Crippen LogP contribution is 2.26. The Morgan fingerprint density at radius 1 is 1.11 bits per heavy atom. The van der Waals surface area contributed by atoms with Crippen LogP contribution in [-0.2, 0) is 4.84 Å². The van der Waals surface area contributed by atoms with Gasteiger partial charge in [0.15, 0.2) is 0 Å². The molecule has 19 heavy (non-hydrogen) atoms. The Morgan fingerprint density at radius 2 is 1.79 bits per heavy atom. The Kier molecular flexibility index (Phi) is 4.36. The summed E-state index contributed by atoms with van der Waals surface area (Å²) in [6.07, 6.45) is 0. The number of rotatable bonds is 5. The third kappa shape index (κ3) is 3.03. The molecule has 0 radical (unpaired) electrons. The smallest absolute Gasteiger partial charge is 0.278 e. The normalized spacial score (nSPS) is 10.4. The Bertz CT molecular complexity index is 581. The lowest BCUT2D eigenvalue weighted by Gasteiger charge is -2.11. The maximum atomic E-state index is 12.0. The fourth-order valence-corrected chi connectivity index (χ4v) is 1.86. The van der Waals surface area contributed by atoms with E-state index in [1.54, 1.807) is 0 Å². The molecule has 0 saturated carbocycles. The van der Waals surface area contributed by atoms with Crippen LogP contribution in [0.3, 0.4) is 0 Å². The van der Waals surface area contributed by atoms with E-state index >= 15 is 0 Å². The Hall–Kier alpha value is -2.07. The van der Waals surface area contributed by atoms with Crippen LogP contribution in [0.1, 0.15) is 24.2 Å². The molecule has 0 saturated heterocycles. The predicted octanol–water partition coefficient (Wildman–Crippen LogP) is 2.92. The van der Waals surface area contributed by atoms with Gasteiger partial charge in [0.2, 0.25) is 0 Å². The van der Waals surface area contributed by atoms with Crippen molar-refractivity contribution in [3.8, 4) is 5.75 Å². The summed E-state index contributed by atoms with van der Waals surface area (Å²) in [4.78, 5) is 17.0. The lowest BCUT2D eigenvalue weighted by molar-refractivity contribution is 0.0362. The third-order valence-electron chi connectivity index (χ3n) is 2.70. The number of carbonyl (C=O) groups excluding carboxylic acids is 1. The standard InChI is InChI=1S/C15H17NO3/c1-3-18-14-10-12-8-6-5-7-11(12)9-13(14)15(17)16-19-4-2/h5-10H,3-4H2,1-2H3,(H,16,17). The number of fused-ring (bicyclic) bond motifs is 1. The second-order valence-corrected chi connectivity index (χ2v) is 3.99. The average molecular weight is 259 g/mol.